The molecule has 0 amide bonds. The fourth-order valence-electron chi connectivity index (χ4n) is 2.58. The minimum absolute atomic E-state index is 0.180. The van der Waals surface area contributed by atoms with Crippen LogP contribution in [0.1, 0.15) is 49.6 Å². The summed E-state index contributed by atoms with van der Waals surface area (Å²) in [5.41, 5.74) is 3.28. The van der Waals surface area contributed by atoms with Gasteiger partial charge in [0.15, 0.2) is 0 Å². The third kappa shape index (κ3) is 4.26. The standard InChI is InChI=1S/C15H26N2OS/c1-3-9-16-10-8-15(6-4-7-15)18-11-5-14-13(2)17-12-19-14/h12,16H,3-11H2,1-2H3. The van der Waals surface area contributed by atoms with Gasteiger partial charge in [0.25, 0.3) is 0 Å². The number of thiazole rings is 1. The molecule has 19 heavy (non-hydrogen) atoms. The van der Waals surface area contributed by atoms with Crippen LogP contribution in [0, 0.1) is 6.92 Å². The van der Waals surface area contributed by atoms with E-state index in [1.54, 1.807) is 11.3 Å². The smallest absolute Gasteiger partial charge is 0.0797 e. The zero-order valence-electron chi connectivity index (χ0n) is 12.2. The van der Waals surface area contributed by atoms with Crippen molar-refractivity contribution in [1.29, 1.82) is 0 Å². The SMILES string of the molecule is CCCNCCC1(OCCc2scnc2C)CCC1. The zero-order chi connectivity index (χ0) is 13.6. The van der Waals surface area contributed by atoms with Crippen LogP contribution in [0.5, 0.6) is 0 Å². The van der Waals surface area contributed by atoms with Crippen LogP contribution >= 0.6 is 11.3 Å². The maximum Gasteiger partial charge on any atom is 0.0797 e. The first-order valence-electron chi connectivity index (χ1n) is 7.49. The summed E-state index contributed by atoms with van der Waals surface area (Å²) in [5, 5.41) is 3.48. The Morgan fingerprint density at radius 2 is 2.26 bits per heavy atom. The summed E-state index contributed by atoms with van der Waals surface area (Å²) in [6.45, 7) is 7.35. The number of aryl methyl sites for hydroxylation is 1. The molecule has 0 radical (unpaired) electrons. The van der Waals surface area contributed by atoms with E-state index in [2.05, 4.69) is 24.1 Å². The van der Waals surface area contributed by atoms with Crippen LogP contribution in [0.2, 0.25) is 0 Å². The Morgan fingerprint density at radius 3 is 2.84 bits per heavy atom. The van der Waals surface area contributed by atoms with Crippen molar-refractivity contribution in [2.45, 2.75) is 58.0 Å². The third-order valence-electron chi connectivity index (χ3n) is 4.03. The topological polar surface area (TPSA) is 34.1 Å². The highest BCUT2D eigenvalue weighted by Gasteiger charge is 2.37. The molecule has 3 nitrogen and oxygen atoms in total. The van der Waals surface area contributed by atoms with E-state index in [1.165, 1.54) is 36.3 Å². The second-order valence-electron chi connectivity index (χ2n) is 5.50. The van der Waals surface area contributed by atoms with E-state index in [9.17, 15) is 0 Å². The van der Waals surface area contributed by atoms with E-state index >= 15 is 0 Å². The molecule has 0 saturated heterocycles. The summed E-state index contributed by atoms with van der Waals surface area (Å²) >= 11 is 1.75. The highest BCUT2D eigenvalue weighted by Crippen LogP contribution is 2.38. The minimum Gasteiger partial charge on any atom is -0.375 e. The van der Waals surface area contributed by atoms with Gasteiger partial charge in [-0.2, -0.15) is 0 Å². The molecule has 0 aliphatic heterocycles. The van der Waals surface area contributed by atoms with Gasteiger partial charge in [-0.15, -0.1) is 11.3 Å². The van der Waals surface area contributed by atoms with Gasteiger partial charge in [-0.1, -0.05) is 6.92 Å². The van der Waals surface area contributed by atoms with Crippen LogP contribution in [0.25, 0.3) is 0 Å². The molecule has 1 aromatic heterocycles. The largest absolute Gasteiger partial charge is 0.375 e. The van der Waals surface area contributed by atoms with Gasteiger partial charge in [0.2, 0.25) is 0 Å². The van der Waals surface area contributed by atoms with Gasteiger partial charge in [-0.05, 0) is 52.1 Å². The molecule has 1 aromatic rings. The number of hydrogen-bond acceptors (Lipinski definition) is 4. The molecule has 1 fully saturated rings. The lowest BCUT2D eigenvalue weighted by molar-refractivity contribution is -0.103. The number of hydrogen-bond donors (Lipinski definition) is 1. The molecule has 1 heterocycles. The van der Waals surface area contributed by atoms with Gasteiger partial charge in [0, 0.05) is 11.3 Å². The number of rotatable bonds is 9. The van der Waals surface area contributed by atoms with Crippen LogP contribution in [-0.2, 0) is 11.2 Å². The first-order chi connectivity index (χ1) is 9.26. The lowest BCUT2D eigenvalue weighted by Gasteiger charge is -2.42. The maximum absolute atomic E-state index is 6.21. The highest BCUT2D eigenvalue weighted by atomic mass is 32.1. The van der Waals surface area contributed by atoms with Crippen LogP contribution in [0.4, 0.5) is 0 Å². The number of ether oxygens (including phenoxy) is 1. The van der Waals surface area contributed by atoms with E-state index in [0.717, 1.165) is 32.5 Å². The predicted octanol–water partition coefficient (Wildman–Crippen LogP) is 3.32. The fraction of sp³-hybridized carbons (Fsp3) is 0.800. The van der Waals surface area contributed by atoms with Gasteiger partial charge >= 0.3 is 0 Å². The number of nitrogens with zero attached hydrogens (tertiary/aromatic N) is 1. The van der Waals surface area contributed by atoms with Gasteiger partial charge in [-0.3, -0.25) is 0 Å². The molecule has 0 unspecified atom stereocenters. The predicted molar refractivity (Wildman–Crippen MR) is 80.9 cm³/mol. The summed E-state index contributed by atoms with van der Waals surface area (Å²) in [6, 6.07) is 0. The molecule has 2 rings (SSSR count). The van der Waals surface area contributed by atoms with Crippen molar-refractivity contribution >= 4 is 11.3 Å². The molecule has 1 aliphatic carbocycles. The first kappa shape index (κ1) is 14.9. The highest BCUT2D eigenvalue weighted by molar-refractivity contribution is 7.09. The van der Waals surface area contributed by atoms with Crippen molar-refractivity contribution in [3.8, 4) is 0 Å². The van der Waals surface area contributed by atoms with E-state index in [4.69, 9.17) is 4.74 Å². The number of nitrogens with one attached hydrogen (secondary N) is 1. The molecular formula is C15H26N2OS. The quantitative estimate of drug-likeness (QED) is 0.706. The van der Waals surface area contributed by atoms with Crippen molar-refractivity contribution in [3.05, 3.63) is 16.1 Å². The van der Waals surface area contributed by atoms with Gasteiger partial charge in [0.05, 0.1) is 23.4 Å². The second kappa shape index (κ2) is 7.36. The van der Waals surface area contributed by atoms with Gasteiger partial charge in [0.1, 0.15) is 0 Å². The first-order valence-corrected chi connectivity index (χ1v) is 8.37. The molecule has 0 atom stereocenters. The summed E-state index contributed by atoms with van der Waals surface area (Å²) in [7, 11) is 0. The van der Waals surface area contributed by atoms with Crippen LogP contribution in [0.3, 0.4) is 0 Å². The fourth-order valence-corrected chi connectivity index (χ4v) is 3.34. The molecule has 1 N–H and O–H groups in total. The molecule has 1 aliphatic rings. The molecule has 0 bridgehead atoms. The van der Waals surface area contributed by atoms with Gasteiger partial charge in [-0.25, -0.2) is 4.98 Å². The monoisotopic (exact) mass is 282 g/mol. The van der Waals surface area contributed by atoms with Crippen molar-refractivity contribution in [2.24, 2.45) is 0 Å². The summed E-state index contributed by atoms with van der Waals surface area (Å²) in [5.74, 6) is 0. The van der Waals surface area contributed by atoms with Crippen molar-refractivity contribution in [3.63, 3.8) is 0 Å². The minimum atomic E-state index is 0.180. The third-order valence-corrected chi connectivity index (χ3v) is 5.03. The van der Waals surface area contributed by atoms with Crippen molar-refractivity contribution in [1.82, 2.24) is 10.3 Å². The summed E-state index contributed by atoms with van der Waals surface area (Å²) in [6.07, 6.45) is 7.19. The van der Waals surface area contributed by atoms with Crippen molar-refractivity contribution < 1.29 is 4.74 Å². The average Bonchev–Trinajstić information content (AvgIpc) is 2.76. The summed E-state index contributed by atoms with van der Waals surface area (Å²) in [4.78, 5) is 5.66. The molecule has 1 saturated carbocycles. The average molecular weight is 282 g/mol. The molecular weight excluding hydrogens is 256 g/mol. The lowest BCUT2D eigenvalue weighted by atomic mass is 9.77. The van der Waals surface area contributed by atoms with E-state index in [0.29, 0.717) is 0 Å². The Balaban J connectivity index is 1.68. The Hall–Kier alpha value is -0.450. The Kier molecular flexibility index (Phi) is 5.79. The second-order valence-corrected chi connectivity index (χ2v) is 6.44. The Morgan fingerprint density at radius 1 is 1.42 bits per heavy atom. The maximum atomic E-state index is 6.21. The van der Waals surface area contributed by atoms with Crippen molar-refractivity contribution in [2.75, 3.05) is 19.7 Å². The van der Waals surface area contributed by atoms with E-state index in [-0.39, 0.29) is 5.60 Å². The normalized spacial score (nSPS) is 17.4. The lowest BCUT2D eigenvalue weighted by Crippen LogP contribution is -2.43. The van der Waals surface area contributed by atoms with Crippen LogP contribution in [0.15, 0.2) is 5.51 Å². The molecule has 0 aromatic carbocycles. The number of aromatic nitrogens is 1. The van der Waals surface area contributed by atoms with E-state index in [1.807, 2.05) is 5.51 Å². The zero-order valence-corrected chi connectivity index (χ0v) is 13.0. The Bertz CT molecular complexity index is 374. The molecule has 108 valence electrons. The molecule has 4 heteroatoms. The van der Waals surface area contributed by atoms with Crippen LogP contribution < -0.4 is 5.32 Å². The Labute approximate surface area is 120 Å². The van der Waals surface area contributed by atoms with Crippen LogP contribution in [-0.4, -0.2) is 30.3 Å². The molecule has 0 spiro atoms. The van der Waals surface area contributed by atoms with E-state index < -0.39 is 0 Å². The van der Waals surface area contributed by atoms with Gasteiger partial charge < -0.3 is 10.1 Å². The summed E-state index contributed by atoms with van der Waals surface area (Å²) < 4.78 is 6.21.